The molecule has 0 N–H and O–H groups in total. The molecule has 1 spiro atoms. The lowest BCUT2D eigenvalue weighted by atomic mass is 9.86. The van der Waals surface area contributed by atoms with Crippen LogP contribution in [0.5, 0.6) is 5.75 Å². The molecule has 0 bridgehead atoms. The van der Waals surface area contributed by atoms with Gasteiger partial charge in [-0.25, -0.2) is 0 Å². The monoisotopic (exact) mass is 379 g/mol. The zero-order chi connectivity index (χ0) is 18.7. The van der Waals surface area contributed by atoms with Crippen LogP contribution in [0.4, 0.5) is 0 Å². The highest BCUT2D eigenvalue weighted by atomic mass is 35.5. The fourth-order valence-corrected chi connectivity index (χ4v) is 4.41. The summed E-state index contributed by atoms with van der Waals surface area (Å²) in [5, 5.41) is 0.676. The van der Waals surface area contributed by atoms with Gasteiger partial charge < -0.3 is 9.64 Å². The molecule has 0 unspecified atom stereocenters. The van der Waals surface area contributed by atoms with Crippen molar-refractivity contribution in [3.8, 4) is 5.75 Å². The highest BCUT2D eigenvalue weighted by Crippen LogP contribution is 2.33. The Balaban J connectivity index is 1.70. The number of carbonyl (C=O) groups excluding carboxylic acids is 1. The van der Waals surface area contributed by atoms with Gasteiger partial charge in [0, 0.05) is 51.7 Å². The van der Waals surface area contributed by atoms with E-state index in [1.165, 1.54) is 5.56 Å². The predicted octanol–water partition coefficient (Wildman–Crippen LogP) is 2.87. The summed E-state index contributed by atoms with van der Waals surface area (Å²) < 4.78 is 5.53. The summed E-state index contributed by atoms with van der Waals surface area (Å²) in [5.74, 6) is 1.02. The second-order valence-electron chi connectivity index (χ2n) is 7.62. The SMILES string of the molecule is CCOc1ccc(CN2CCN(C)[C@@]3(CCC(=O)N(C)CC3)C2)cc1Cl. The van der Waals surface area contributed by atoms with Gasteiger partial charge in [-0.05, 0) is 44.5 Å². The van der Waals surface area contributed by atoms with Crippen molar-refractivity contribution in [2.75, 3.05) is 46.9 Å². The van der Waals surface area contributed by atoms with Crippen molar-refractivity contribution in [3.05, 3.63) is 28.8 Å². The van der Waals surface area contributed by atoms with E-state index in [0.29, 0.717) is 18.1 Å². The second-order valence-corrected chi connectivity index (χ2v) is 8.03. The Bertz CT molecular complexity index is 654. The first kappa shape index (κ1) is 19.5. The van der Waals surface area contributed by atoms with Gasteiger partial charge in [0.15, 0.2) is 0 Å². The Hall–Kier alpha value is -1.30. The molecule has 144 valence electrons. The van der Waals surface area contributed by atoms with Crippen LogP contribution in [0.3, 0.4) is 0 Å². The summed E-state index contributed by atoms with van der Waals surface area (Å²) in [5.41, 5.74) is 1.30. The number of hydrogen-bond donors (Lipinski definition) is 0. The first-order chi connectivity index (χ1) is 12.4. The molecule has 0 aliphatic carbocycles. The molecule has 0 radical (unpaired) electrons. The van der Waals surface area contributed by atoms with E-state index in [4.69, 9.17) is 16.3 Å². The van der Waals surface area contributed by atoms with Gasteiger partial charge in [0.2, 0.25) is 5.91 Å². The fourth-order valence-electron chi connectivity index (χ4n) is 4.15. The van der Waals surface area contributed by atoms with E-state index in [1.807, 2.05) is 31.0 Å². The molecule has 2 aliphatic heterocycles. The molecule has 1 aromatic carbocycles. The first-order valence-electron chi connectivity index (χ1n) is 9.52. The van der Waals surface area contributed by atoms with Crippen molar-refractivity contribution in [1.82, 2.24) is 14.7 Å². The molecule has 1 amide bonds. The lowest BCUT2D eigenvalue weighted by Crippen LogP contribution is -2.60. The summed E-state index contributed by atoms with van der Waals surface area (Å²) in [6.45, 7) is 7.36. The number of nitrogens with zero attached hydrogens (tertiary/aromatic N) is 3. The number of ether oxygens (including phenoxy) is 1. The standard InChI is InChI=1S/C20H30ClN3O2/c1-4-26-18-6-5-16(13-17(18)21)14-24-12-11-23(3)20(15-24)8-7-19(25)22(2)10-9-20/h5-6,13H,4,7-12,14-15H2,1-3H3/t20-/m1/s1. The largest absolute Gasteiger partial charge is 0.492 e. The smallest absolute Gasteiger partial charge is 0.222 e. The highest BCUT2D eigenvalue weighted by Gasteiger charge is 2.41. The Labute approximate surface area is 161 Å². The molecule has 6 heteroatoms. The molecule has 2 heterocycles. The number of halogens is 1. The predicted molar refractivity (Wildman–Crippen MR) is 105 cm³/mol. The molecular formula is C20H30ClN3O2. The number of hydrogen-bond acceptors (Lipinski definition) is 4. The van der Waals surface area contributed by atoms with Gasteiger partial charge in [-0.15, -0.1) is 0 Å². The van der Waals surface area contributed by atoms with Gasteiger partial charge in [-0.1, -0.05) is 17.7 Å². The quantitative estimate of drug-likeness (QED) is 0.806. The van der Waals surface area contributed by atoms with Crippen molar-refractivity contribution < 1.29 is 9.53 Å². The molecule has 0 aromatic heterocycles. The summed E-state index contributed by atoms with van der Waals surface area (Å²) in [7, 11) is 4.13. The zero-order valence-corrected chi connectivity index (χ0v) is 16.9. The van der Waals surface area contributed by atoms with Gasteiger partial charge in [0.05, 0.1) is 11.6 Å². The number of carbonyl (C=O) groups is 1. The van der Waals surface area contributed by atoms with Crippen molar-refractivity contribution in [2.24, 2.45) is 0 Å². The lowest BCUT2D eigenvalue weighted by Gasteiger charge is -2.49. The molecular weight excluding hydrogens is 350 g/mol. The minimum atomic E-state index is 0.0910. The van der Waals surface area contributed by atoms with Crippen molar-refractivity contribution in [1.29, 1.82) is 0 Å². The third-order valence-corrected chi connectivity index (χ3v) is 6.22. The van der Waals surface area contributed by atoms with Crippen molar-refractivity contribution in [2.45, 2.75) is 38.3 Å². The Morgan fingerprint density at radius 1 is 1.19 bits per heavy atom. The van der Waals surface area contributed by atoms with Crippen LogP contribution < -0.4 is 4.74 Å². The Morgan fingerprint density at radius 2 is 2.00 bits per heavy atom. The van der Waals surface area contributed by atoms with Crippen LogP contribution in [0, 0.1) is 0 Å². The second kappa shape index (κ2) is 8.15. The van der Waals surface area contributed by atoms with Crippen LogP contribution in [0.1, 0.15) is 31.7 Å². The van der Waals surface area contributed by atoms with Gasteiger partial charge >= 0.3 is 0 Å². The molecule has 1 aromatic rings. The van der Waals surface area contributed by atoms with Crippen molar-refractivity contribution in [3.63, 3.8) is 0 Å². The Kier molecular flexibility index (Phi) is 6.10. The van der Waals surface area contributed by atoms with Crippen LogP contribution in [0.15, 0.2) is 18.2 Å². The maximum absolute atomic E-state index is 12.1. The van der Waals surface area contributed by atoms with E-state index in [0.717, 1.165) is 51.3 Å². The molecule has 2 saturated heterocycles. The number of benzene rings is 1. The van der Waals surface area contributed by atoms with E-state index in [2.05, 4.69) is 22.9 Å². The van der Waals surface area contributed by atoms with Gasteiger partial charge in [-0.2, -0.15) is 0 Å². The average molecular weight is 380 g/mol. The molecule has 2 aliphatic rings. The minimum absolute atomic E-state index is 0.0910. The molecule has 1 atom stereocenters. The Morgan fingerprint density at radius 3 is 2.73 bits per heavy atom. The van der Waals surface area contributed by atoms with Crippen LogP contribution in [0.25, 0.3) is 0 Å². The van der Waals surface area contributed by atoms with Gasteiger partial charge in [-0.3, -0.25) is 14.6 Å². The van der Waals surface area contributed by atoms with Crippen LogP contribution in [-0.4, -0.2) is 73.0 Å². The zero-order valence-electron chi connectivity index (χ0n) is 16.1. The van der Waals surface area contributed by atoms with Gasteiger partial charge in [0.1, 0.15) is 5.75 Å². The number of amides is 1. The molecule has 0 saturated carbocycles. The third kappa shape index (κ3) is 4.16. The molecule has 3 rings (SSSR count). The first-order valence-corrected chi connectivity index (χ1v) is 9.90. The number of piperazine rings is 1. The maximum atomic E-state index is 12.1. The average Bonchev–Trinajstić information content (AvgIpc) is 2.75. The molecule has 2 fully saturated rings. The van der Waals surface area contributed by atoms with E-state index in [1.54, 1.807) is 0 Å². The summed E-state index contributed by atoms with van der Waals surface area (Å²) in [6, 6.07) is 6.08. The summed E-state index contributed by atoms with van der Waals surface area (Å²) >= 11 is 6.35. The molecule has 5 nitrogen and oxygen atoms in total. The van der Waals surface area contributed by atoms with E-state index >= 15 is 0 Å². The summed E-state index contributed by atoms with van der Waals surface area (Å²) in [4.78, 5) is 19.0. The van der Waals surface area contributed by atoms with E-state index in [-0.39, 0.29) is 11.4 Å². The minimum Gasteiger partial charge on any atom is -0.492 e. The number of likely N-dealkylation sites (N-methyl/N-ethyl adjacent to an activating group) is 1. The van der Waals surface area contributed by atoms with Crippen LogP contribution in [0.2, 0.25) is 5.02 Å². The van der Waals surface area contributed by atoms with Crippen molar-refractivity contribution >= 4 is 17.5 Å². The number of likely N-dealkylation sites (tertiary alicyclic amines) is 1. The topological polar surface area (TPSA) is 36.0 Å². The fraction of sp³-hybridized carbons (Fsp3) is 0.650. The van der Waals surface area contributed by atoms with E-state index < -0.39 is 0 Å². The lowest BCUT2D eigenvalue weighted by molar-refractivity contribution is -0.129. The number of rotatable bonds is 4. The maximum Gasteiger partial charge on any atom is 0.222 e. The van der Waals surface area contributed by atoms with E-state index in [9.17, 15) is 4.79 Å². The van der Waals surface area contributed by atoms with Gasteiger partial charge in [0.25, 0.3) is 0 Å². The molecule has 26 heavy (non-hydrogen) atoms. The van der Waals surface area contributed by atoms with Crippen LogP contribution in [-0.2, 0) is 11.3 Å². The highest BCUT2D eigenvalue weighted by molar-refractivity contribution is 6.32. The normalized spacial score (nSPS) is 25.5. The summed E-state index contributed by atoms with van der Waals surface area (Å²) in [6.07, 6.45) is 2.61. The van der Waals surface area contributed by atoms with Crippen LogP contribution >= 0.6 is 11.6 Å². The third-order valence-electron chi connectivity index (χ3n) is 5.92.